The van der Waals surface area contributed by atoms with Crippen molar-refractivity contribution in [3.8, 4) is 0 Å². The molecule has 0 saturated heterocycles. The van der Waals surface area contributed by atoms with Gasteiger partial charge in [0.1, 0.15) is 0 Å². The Bertz CT molecular complexity index is 229. The second-order valence-electron chi connectivity index (χ2n) is 4.59. The van der Waals surface area contributed by atoms with E-state index in [1.165, 1.54) is 0 Å². The molecule has 3 N–H and O–H groups in total. The summed E-state index contributed by atoms with van der Waals surface area (Å²) in [6.07, 6.45) is 0.974. The van der Waals surface area contributed by atoms with Gasteiger partial charge in [-0.3, -0.25) is 0 Å². The van der Waals surface area contributed by atoms with Gasteiger partial charge in [-0.05, 0) is 33.7 Å². The fourth-order valence-corrected chi connectivity index (χ4v) is 4.59. The van der Waals surface area contributed by atoms with E-state index < -0.39 is 18.3 Å². The molecule has 0 atom stereocenters. The number of nitrogens with two attached hydrogens (primary N) is 1. The zero-order valence-electron chi connectivity index (χ0n) is 16.3. The first-order chi connectivity index (χ1) is 11.6. The number of hydrogen-bond acceptors (Lipinski definition) is 8. The summed E-state index contributed by atoms with van der Waals surface area (Å²) < 4.78 is 31.5. The molecule has 0 spiro atoms. The Morgan fingerprint density at radius 2 is 1.29 bits per heavy atom. The van der Waals surface area contributed by atoms with Crippen molar-refractivity contribution in [1.82, 2.24) is 5.32 Å². The third-order valence-electron chi connectivity index (χ3n) is 3.00. The predicted molar refractivity (Wildman–Crippen MR) is 100 cm³/mol. The lowest BCUT2D eigenvalue weighted by Crippen LogP contribution is -2.43. The maximum absolute atomic E-state index is 5.35. The molecule has 0 aliphatic rings. The van der Waals surface area contributed by atoms with E-state index in [1.807, 2.05) is 20.8 Å². The van der Waals surface area contributed by atoms with E-state index in [4.69, 9.17) is 32.3 Å². The summed E-state index contributed by atoms with van der Waals surface area (Å²) in [6.45, 7) is 10.3. The van der Waals surface area contributed by atoms with Crippen LogP contribution in [-0.2, 0) is 26.6 Å². The molecular formula is C14H38N2O6Si2. The lowest BCUT2D eigenvalue weighted by Gasteiger charge is -2.24. The Balaban J connectivity index is 0. The number of nitrogens with one attached hydrogen (secondary N) is 1. The first-order valence-corrected chi connectivity index (χ1v) is 11.8. The third-order valence-corrected chi connectivity index (χ3v) is 7.65. The van der Waals surface area contributed by atoms with E-state index in [9.17, 15) is 0 Å². The number of rotatable bonds is 15. The van der Waals surface area contributed by atoms with Crippen LogP contribution in [0.2, 0.25) is 6.04 Å². The van der Waals surface area contributed by atoms with Gasteiger partial charge in [0.05, 0.1) is 0 Å². The zero-order chi connectivity index (χ0) is 18.7. The highest BCUT2D eigenvalue weighted by Gasteiger charge is 2.36. The highest BCUT2D eigenvalue weighted by atomic mass is 28.4. The molecule has 0 aliphatic heterocycles. The Kier molecular flexibility index (Phi) is 21.3. The van der Waals surface area contributed by atoms with Gasteiger partial charge in [0.25, 0.3) is 0 Å². The van der Waals surface area contributed by atoms with Crippen molar-refractivity contribution in [3.63, 3.8) is 0 Å². The van der Waals surface area contributed by atoms with Gasteiger partial charge < -0.3 is 37.6 Å². The molecule has 0 aliphatic carbocycles. The molecule has 0 aromatic rings. The topological polar surface area (TPSA) is 93.4 Å². The summed E-state index contributed by atoms with van der Waals surface area (Å²) in [5, 5.41) is 3.21. The summed E-state index contributed by atoms with van der Waals surface area (Å²) in [5.41, 5.74) is 5.35. The van der Waals surface area contributed by atoms with Crippen molar-refractivity contribution in [2.24, 2.45) is 5.73 Å². The van der Waals surface area contributed by atoms with Crippen LogP contribution in [0.5, 0.6) is 0 Å². The highest BCUT2D eigenvalue weighted by Crippen LogP contribution is 2.14. The van der Waals surface area contributed by atoms with E-state index in [1.54, 1.807) is 21.3 Å². The summed E-state index contributed by atoms with van der Waals surface area (Å²) in [5.74, 6) is 0. The lowest BCUT2D eigenvalue weighted by molar-refractivity contribution is 0.107. The molecule has 0 radical (unpaired) electrons. The summed E-state index contributed by atoms with van der Waals surface area (Å²) >= 11 is 0. The average molecular weight is 387 g/mol. The van der Waals surface area contributed by atoms with Crippen LogP contribution < -0.4 is 11.1 Å². The van der Waals surface area contributed by atoms with E-state index in [0.717, 1.165) is 25.6 Å². The number of hydrogen-bond donors (Lipinski definition) is 2. The first kappa shape index (κ1) is 26.3. The molecule has 0 saturated carbocycles. The molecule has 10 heteroatoms. The molecule has 0 amide bonds. The SMILES string of the molecule is CCO[SiH](OCC)OCC.CO[Si](CCCNCCN)(OC)OC. The molecule has 24 heavy (non-hydrogen) atoms. The van der Waals surface area contributed by atoms with E-state index in [0.29, 0.717) is 26.4 Å². The molecular weight excluding hydrogens is 348 g/mol. The van der Waals surface area contributed by atoms with Gasteiger partial charge in [-0.15, -0.1) is 0 Å². The molecule has 0 rings (SSSR count). The summed E-state index contributed by atoms with van der Waals surface area (Å²) in [6, 6.07) is 0.827. The van der Waals surface area contributed by atoms with Crippen LogP contribution in [0.1, 0.15) is 27.2 Å². The monoisotopic (exact) mass is 386 g/mol. The van der Waals surface area contributed by atoms with Crippen molar-refractivity contribution in [1.29, 1.82) is 0 Å². The van der Waals surface area contributed by atoms with Gasteiger partial charge in [0.15, 0.2) is 0 Å². The van der Waals surface area contributed by atoms with Crippen LogP contribution in [0.15, 0.2) is 0 Å². The summed E-state index contributed by atoms with van der Waals surface area (Å²) in [4.78, 5) is 0. The molecule has 0 fully saturated rings. The molecule has 0 unspecified atom stereocenters. The fourth-order valence-electron chi connectivity index (χ4n) is 1.77. The minimum atomic E-state index is -2.35. The van der Waals surface area contributed by atoms with Crippen LogP contribution in [0.3, 0.4) is 0 Å². The van der Waals surface area contributed by atoms with Crippen molar-refractivity contribution >= 4 is 18.3 Å². The predicted octanol–water partition coefficient (Wildman–Crippen LogP) is 0.616. The van der Waals surface area contributed by atoms with Crippen molar-refractivity contribution in [2.75, 3.05) is 60.8 Å². The molecule has 0 aromatic heterocycles. The van der Waals surface area contributed by atoms with Crippen LogP contribution in [0, 0.1) is 0 Å². The standard InChI is InChI=1S/C8H22N2O3Si.C6H16O3Si/c1-11-14(12-2,13-3)8-4-6-10-7-5-9;1-4-7-10(8-5-2)9-6-3/h10H,4-9H2,1-3H3;10H,4-6H2,1-3H3. The fraction of sp³-hybridized carbons (Fsp3) is 1.00. The maximum Gasteiger partial charge on any atom is 0.500 e. The smallest absolute Gasteiger partial charge is 0.377 e. The molecule has 148 valence electrons. The summed E-state index contributed by atoms with van der Waals surface area (Å²) in [7, 11) is 0.812. The van der Waals surface area contributed by atoms with Gasteiger partial charge in [-0.2, -0.15) is 0 Å². The van der Waals surface area contributed by atoms with E-state index in [-0.39, 0.29) is 0 Å². The Morgan fingerprint density at radius 3 is 1.62 bits per heavy atom. The van der Waals surface area contributed by atoms with Crippen molar-refractivity contribution in [3.05, 3.63) is 0 Å². The van der Waals surface area contributed by atoms with Gasteiger partial charge in [0, 0.05) is 60.3 Å². The minimum absolute atomic E-state index is 0.668. The largest absolute Gasteiger partial charge is 0.500 e. The Morgan fingerprint density at radius 1 is 0.833 bits per heavy atom. The molecule has 0 aromatic carbocycles. The van der Waals surface area contributed by atoms with Crippen LogP contribution >= 0.6 is 0 Å². The van der Waals surface area contributed by atoms with Gasteiger partial charge in [-0.25, -0.2) is 0 Å². The van der Waals surface area contributed by atoms with E-state index in [2.05, 4.69) is 5.32 Å². The molecule has 8 nitrogen and oxygen atoms in total. The third kappa shape index (κ3) is 14.5. The minimum Gasteiger partial charge on any atom is -0.377 e. The van der Waals surface area contributed by atoms with Gasteiger partial charge in [0.2, 0.25) is 0 Å². The van der Waals surface area contributed by atoms with Gasteiger partial charge in [-0.1, -0.05) is 0 Å². The zero-order valence-corrected chi connectivity index (χ0v) is 18.4. The van der Waals surface area contributed by atoms with Crippen molar-refractivity contribution < 1.29 is 26.6 Å². The second-order valence-corrected chi connectivity index (χ2v) is 9.26. The Hall–Kier alpha value is 0.114. The molecule has 0 heterocycles. The maximum atomic E-state index is 5.35. The van der Waals surface area contributed by atoms with Gasteiger partial charge >= 0.3 is 18.3 Å². The van der Waals surface area contributed by atoms with Crippen LogP contribution in [0.25, 0.3) is 0 Å². The quantitative estimate of drug-likeness (QED) is 0.312. The first-order valence-electron chi connectivity index (χ1n) is 8.50. The lowest BCUT2D eigenvalue weighted by atomic mass is 10.5. The second kappa shape index (κ2) is 19.4. The Labute approximate surface area is 150 Å². The highest BCUT2D eigenvalue weighted by molar-refractivity contribution is 6.60. The van der Waals surface area contributed by atoms with E-state index >= 15 is 0 Å². The average Bonchev–Trinajstić information content (AvgIpc) is 2.60. The van der Waals surface area contributed by atoms with Crippen LogP contribution in [-0.4, -0.2) is 79.1 Å². The van der Waals surface area contributed by atoms with Crippen LogP contribution in [0.4, 0.5) is 0 Å². The molecule has 0 bridgehead atoms. The normalized spacial score (nSPS) is 11.5. The van der Waals surface area contributed by atoms with Crippen molar-refractivity contribution in [2.45, 2.75) is 33.2 Å².